The lowest BCUT2D eigenvalue weighted by Gasteiger charge is -2.27. The van der Waals surface area contributed by atoms with Gasteiger partial charge in [0.2, 0.25) is 0 Å². The first kappa shape index (κ1) is 25.0. The van der Waals surface area contributed by atoms with E-state index in [2.05, 4.69) is 6.07 Å². The molecule has 0 N–H and O–H groups in total. The SMILES string of the molecule is [2H]c1cc([2H])c2oc3c(-c4c([2H])cc(-c5c([2H])c(N(c6ccc(-c7ccccc7)cc6)c6cccc7c6sc6ccccc67)c([2H])c6oc7c8c([2H])c([2H])c([2H])cc8c([2H])c([2H])c7c56)cc4[2H])ccc([2H])c3c2c1. The van der Waals surface area contributed by atoms with Crippen LogP contribution in [0.3, 0.4) is 0 Å². The predicted molar refractivity (Wildman–Crippen MR) is 262 cm³/mol. The Kier molecular flexibility index (Phi) is 5.57. The third-order valence-corrected chi connectivity index (χ3v) is 12.7. The molecule has 0 fully saturated rings. The molecular formula is C58H35NO2S. The van der Waals surface area contributed by atoms with Crippen LogP contribution >= 0.6 is 11.3 Å². The Morgan fingerprint density at radius 1 is 0.419 bits per heavy atom. The van der Waals surface area contributed by atoms with Crippen molar-refractivity contribution in [3.8, 4) is 33.4 Å². The van der Waals surface area contributed by atoms with E-state index in [4.69, 9.17) is 17.1 Å². The Morgan fingerprint density at radius 3 is 2.15 bits per heavy atom. The number of nitrogens with zero attached hydrogens (tertiary/aromatic N) is 1. The average molecular weight is 822 g/mol. The highest BCUT2D eigenvalue weighted by Gasteiger charge is 2.23. The molecule has 0 bridgehead atoms. The number of anilines is 3. The molecule has 62 heavy (non-hydrogen) atoms. The van der Waals surface area contributed by atoms with E-state index < -0.39 is 12.1 Å². The summed E-state index contributed by atoms with van der Waals surface area (Å²) in [5.74, 6) is 0. The van der Waals surface area contributed by atoms with Crippen molar-refractivity contribution < 1.29 is 25.3 Å². The van der Waals surface area contributed by atoms with Gasteiger partial charge in [-0.05, 0) is 75.6 Å². The van der Waals surface area contributed by atoms with E-state index in [1.165, 1.54) is 36.4 Å². The zero-order valence-electron chi connectivity index (χ0n) is 44.5. The molecule has 0 amide bonds. The molecule has 0 aliphatic rings. The highest BCUT2D eigenvalue weighted by molar-refractivity contribution is 7.26. The lowest BCUT2D eigenvalue weighted by molar-refractivity contribution is 0.670. The second kappa shape index (κ2) is 13.8. The number of para-hydroxylation sites is 2. The van der Waals surface area contributed by atoms with E-state index in [9.17, 15) is 8.22 Å². The molecule has 3 nitrogen and oxygen atoms in total. The topological polar surface area (TPSA) is 29.5 Å². The molecule has 3 aromatic heterocycles. The third kappa shape index (κ3) is 5.44. The number of hydrogen-bond donors (Lipinski definition) is 0. The average Bonchev–Trinajstić information content (AvgIpc) is 4.12. The van der Waals surface area contributed by atoms with Crippen LogP contribution in [-0.4, -0.2) is 0 Å². The van der Waals surface area contributed by atoms with Gasteiger partial charge in [-0.15, -0.1) is 11.3 Å². The van der Waals surface area contributed by atoms with Gasteiger partial charge in [0.25, 0.3) is 0 Å². The van der Waals surface area contributed by atoms with Crippen molar-refractivity contribution in [1.82, 2.24) is 0 Å². The number of furan rings is 2. The number of fused-ring (bicyclic) bond motifs is 11. The van der Waals surface area contributed by atoms with Crippen LogP contribution in [0.4, 0.5) is 17.1 Å². The first-order chi connectivity index (χ1) is 35.7. The van der Waals surface area contributed by atoms with Gasteiger partial charge in [0.05, 0.1) is 32.5 Å². The summed E-state index contributed by atoms with van der Waals surface area (Å²) in [5, 5.41) is 2.81. The normalized spacial score (nSPS) is 14.6. The summed E-state index contributed by atoms with van der Waals surface area (Å²) in [6.45, 7) is 0. The Labute approximate surface area is 377 Å². The van der Waals surface area contributed by atoms with Crippen LogP contribution in [0, 0.1) is 0 Å². The van der Waals surface area contributed by atoms with Gasteiger partial charge in [-0.3, -0.25) is 0 Å². The predicted octanol–water partition coefficient (Wildman–Crippen LogP) is 17.5. The molecule has 10 aromatic carbocycles. The van der Waals surface area contributed by atoms with Crippen LogP contribution in [0.1, 0.15) is 16.4 Å². The summed E-state index contributed by atoms with van der Waals surface area (Å²) >= 11 is 1.57. The van der Waals surface area contributed by atoms with Gasteiger partial charge in [0.1, 0.15) is 22.3 Å². The minimum absolute atomic E-state index is 0.00111. The zero-order chi connectivity index (χ0) is 51.2. The molecule has 0 saturated carbocycles. The van der Waals surface area contributed by atoms with E-state index in [0.717, 1.165) is 31.3 Å². The van der Waals surface area contributed by atoms with Gasteiger partial charge in [-0.2, -0.15) is 0 Å². The van der Waals surface area contributed by atoms with Gasteiger partial charge >= 0.3 is 0 Å². The van der Waals surface area contributed by atoms with Crippen LogP contribution in [0.2, 0.25) is 0 Å². The lowest BCUT2D eigenvalue weighted by Crippen LogP contribution is -2.10. The van der Waals surface area contributed by atoms with Crippen molar-refractivity contribution >= 4 is 103 Å². The van der Waals surface area contributed by atoms with Crippen LogP contribution in [0.15, 0.2) is 221 Å². The highest BCUT2D eigenvalue weighted by Crippen LogP contribution is 2.49. The molecule has 4 heteroatoms. The molecule has 0 unspecified atom stereocenters. The molecule has 0 saturated heterocycles. The monoisotopic (exact) mass is 821 g/mol. The molecular weight excluding hydrogens is 775 g/mol. The minimum Gasteiger partial charge on any atom is -0.455 e. The molecule has 0 aliphatic carbocycles. The third-order valence-electron chi connectivity index (χ3n) is 11.5. The molecule has 13 aromatic rings. The first-order valence-corrected chi connectivity index (χ1v) is 20.8. The van der Waals surface area contributed by atoms with E-state index >= 15 is 0 Å². The summed E-state index contributed by atoms with van der Waals surface area (Å²) < 4.78 is 126. The Morgan fingerprint density at radius 2 is 1.24 bits per heavy atom. The van der Waals surface area contributed by atoms with E-state index in [1.807, 2.05) is 95.9 Å². The molecule has 13 rings (SSSR count). The fourth-order valence-electron chi connectivity index (χ4n) is 8.60. The maximum Gasteiger partial charge on any atom is 0.143 e. The smallest absolute Gasteiger partial charge is 0.143 e. The zero-order valence-corrected chi connectivity index (χ0v) is 33.3. The van der Waals surface area contributed by atoms with Crippen molar-refractivity contribution in [3.63, 3.8) is 0 Å². The molecule has 0 aliphatic heterocycles. The molecule has 0 spiro atoms. The van der Waals surface area contributed by atoms with Crippen molar-refractivity contribution in [2.75, 3.05) is 4.90 Å². The molecule has 0 radical (unpaired) electrons. The standard InChI is InChI=1S/C58H35NO2S/c1-2-12-36(13-3-1)37-28-31-41(32-29-37)59(51-21-11-20-48-46-17-7-9-23-54(46)62-58(48)51)42-34-50(55-49-33-30-38-14-4-5-15-43(38)57(49)61-53(55)35-42)40-26-24-39(25-27-40)44-18-10-19-47-45-16-6-8-22-52(45)60-56(44)47/h1-35H/i4D,5D,6D,15D,19D,22D,24D,25D,30D,33D,34D,35D. The fraction of sp³-hybridized carbons (Fsp3) is 0. The Hall–Kier alpha value is -7.92. The van der Waals surface area contributed by atoms with Gasteiger partial charge in [0.15, 0.2) is 0 Å². The van der Waals surface area contributed by atoms with Crippen molar-refractivity contribution in [2.45, 2.75) is 0 Å². The fourth-order valence-corrected chi connectivity index (χ4v) is 9.81. The maximum atomic E-state index is 10.5. The summed E-state index contributed by atoms with van der Waals surface area (Å²) in [6, 6.07) is 39.2. The molecule has 0 atom stereocenters. The van der Waals surface area contributed by atoms with Crippen LogP contribution in [-0.2, 0) is 0 Å². The van der Waals surface area contributed by atoms with Crippen LogP contribution in [0.5, 0.6) is 0 Å². The van der Waals surface area contributed by atoms with Crippen LogP contribution in [0.25, 0.3) is 108 Å². The van der Waals surface area contributed by atoms with E-state index in [1.54, 1.807) is 17.4 Å². The summed E-state index contributed by atoms with van der Waals surface area (Å²) in [6.07, 6.45) is 0. The van der Waals surface area contributed by atoms with Gasteiger partial charge in [-0.25, -0.2) is 0 Å². The minimum atomic E-state index is -0.421. The van der Waals surface area contributed by atoms with Gasteiger partial charge < -0.3 is 13.7 Å². The van der Waals surface area contributed by atoms with Crippen molar-refractivity contribution in [2.24, 2.45) is 0 Å². The number of rotatable bonds is 6. The Bertz CT molecular complexity index is 4560. The van der Waals surface area contributed by atoms with Gasteiger partial charge in [-0.1, -0.05) is 164 Å². The largest absolute Gasteiger partial charge is 0.455 e. The van der Waals surface area contributed by atoms with Crippen molar-refractivity contribution in [3.05, 3.63) is 212 Å². The highest BCUT2D eigenvalue weighted by atomic mass is 32.1. The van der Waals surface area contributed by atoms with Crippen molar-refractivity contribution in [1.29, 1.82) is 0 Å². The van der Waals surface area contributed by atoms with Crippen LogP contribution < -0.4 is 4.90 Å². The first-order valence-electron chi connectivity index (χ1n) is 26.0. The number of benzene rings is 10. The summed E-state index contributed by atoms with van der Waals surface area (Å²) in [7, 11) is 0. The summed E-state index contributed by atoms with van der Waals surface area (Å²) in [4.78, 5) is 1.84. The molecule has 290 valence electrons. The summed E-state index contributed by atoms with van der Waals surface area (Å²) in [5.41, 5.74) is 4.04. The van der Waals surface area contributed by atoms with E-state index in [0.29, 0.717) is 27.7 Å². The maximum absolute atomic E-state index is 10.5. The second-order valence-corrected chi connectivity index (χ2v) is 16.1. The Balaban J connectivity index is 1.15. The lowest BCUT2D eigenvalue weighted by atomic mass is 9.95. The quantitative estimate of drug-likeness (QED) is 0.167. The van der Waals surface area contributed by atoms with Gasteiger partial charge in [0, 0.05) is 59.7 Å². The molecule has 3 heterocycles. The number of hydrogen-bond acceptors (Lipinski definition) is 4. The second-order valence-electron chi connectivity index (χ2n) is 15.0. The number of thiophene rings is 1. The van der Waals surface area contributed by atoms with E-state index in [-0.39, 0.29) is 127 Å².